The van der Waals surface area contributed by atoms with Gasteiger partial charge in [-0.15, -0.1) is 0 Å². The Balaban J connectivity index is 2.87. The molecule has 0 spiro atoms. The molecule has 0 bridgehead atoms. The highest BCUT2D eigenvalue weighted by molar-refractivity contribution is 9.10. The second-order valence-corrected chi connectivity index (χ2v) is 2.98. The maximum Gasteiger partial charge on any atom is 0.218 e. The summed E-state index contributed by atoms with van der Waals surface area (Å²) >= 11 is 3.18. The number of nitrogens with one attached hydrogen (secondary N) is 1. The van der Waals surface area contributed by atoms with E-state index in [9.17, 15) is 4.39 Å². The third-order valence-corrected chi connectivity index (χ3v) is 1.76. The number of fused-ring (bicyclic) bond motifs is 1. The number of H-pyrrole nitrogens is 1. The fraction of sp³-hybridized carbons (Fsp3) is 0. The van der Waals surface area contributed by atoms with Gasteiger partial charge in [-0.05, 0) is 22.0 Å². The van der Waals surface area contributed by atoms with Crippen LogP contribution < -0.4 is 0 Å². The number of hydrogen-bond acceptors (Lipinski definition) is 2. The van der Waals surface area contributed by atoms with E-state index < -0.39 is 5.95 Å². The summed E-state index contributed by atoms with van der Waals surface area (Å²) in [5.74, 6) is -0.450. The lowest BCUT2D eigenvalue weighted by Gasteiger charge is -1.87. The predicted molar refractivity (Wildman–Crippen MR) is 41.5 cm³/mol. The van der Waals surface area contributed by atoms with Crippen molar-refractivity contribution < 1.29 is 4.39 Å². The van der Waals surface area contributed by atoms with Gasteiger partial charge in [0.05, 0.1) is 5.39 Å². The first-order valence-corrected chi connectivity index (χ1v) is 3.72. The third-order valence-electron chi connectivity index (χ3n) is 1.33. The van der Waals surface area contributed by atoms with Crippen molar-refractivity contribution in [3.63, 3.8) is 0 Å². The van der Waals surface area contributed by atoms with Gasteiger partial charge in [0.25, 0.3) is 0 Å². The molecule has 2 aromatic heterocycles. The minimum atomic E-state index is -0.450. The number of hydrogen-bond donors (Lipinski definition) is 1. The fourth-order valence-corrected chi connectivity index (χ4v) is 1.18. The monoisotopic (exact) mass is 215 g/mol. The Kier molecular flexibility index (Phi) is 1.38. The van der Waals surface area contributed by atoms with Gasteiger partial charge in [0.1, 0.15) is 0 Å². The molecule has 1 N–H and O–H groups in total. The van der Waals surface area contributed by atoms with Crippen LogP contribution in [0, 0.1) is 5.95 Å². The third kappa shape index (κ3) is 1.01. The second-order valence-electron chi connectivity index (χ2n) is 2.06. The van der Waals surface area contributed by atoms with Gasteiger partial charge in [0.15, 0.2) is 5.65 Å². The van der Waals surface area contributed by atoms with Crippen LogP contribution in [0.3, 0.4) is 0 Å². The Morgan fingerprint density at radius 2 is 2.36 bits per heavy atom. The lowest BCUT2D eigenvalue weighted by Crippen LogP contribution is -1.75. The molecular weight excluding hydrogens is 213 g/mol. The quantitative estimate of drug-likeness (QED) is 0.730. The minimum Gasteiger partial charge on any atom is -0.250 e. The molecule has 56 valence electrons. The number of rotatable bonds is 0. The van der Waals surface area contributed by atoms with Crippen molar-refractivity contribution in [3.05, 3.63) is 22.7 Å². The zero-order valence-electron chi connectivity index (χ0n) is 5.31. The van der Waals surface area contributed by atoms with Crippen molar-refractivity contribution in [1.29, 1.82) is 0 Å². The Bertz CT molecular complexity index is 398. The summed E-state index contributed by atoms with van der Waals surface area (Å²) in [6, 6.07) is 1.63. The molecule has 0 saturated carbocycles. The average Bonchev–Trinajstić information content (AvgIpc) is 2.33. The smallest absolute Gasteiger partial charge is 0.218 e. The van der Waals surface area contributed by atoms with Crippen LogP contribution in [-0.4, -0.2) is 15.2 Å². The highest BCUT2D eigenvalue weighted by Crippen LogP contribution is 2.16. The molecule has 0 aliphatic carbocycles. The molecule has 0 amide bonds. The minimum absolute atomic E-state index is 0.394. The average molecular weight is 216 g/mol. The first-order chi connectivity index (χ1) is 5.27. The van der Waals surface area contributed by atoms with E-state index in [1.165, 1.54) is 0 Å². The van der Waals surface area contributed by atoms with Crippen molar-refractivity contribution in [2.24, 2.45) is 0 Å². The van der Waals surface area contributed by atoms with E-state index in [1.807, 2.05) is 0 Å². The number of aromatic amines is 1. The van der Waals surface area contributed by atoms with Gasteiger partial charge in [-0.25, -0.2) is 4.98 Å². The summed E-state index contributed by atoms with van der Waals surface area (Å²) in [7, 11) is 0. The molecule has 2 aromatic rings. The molecule has 0 aliphatic heterocycles. The van der Waals surface area contributed by atoms with Crippen LogP contribution in [0.2, 0.25) is 0 Å². The Morgan fingerprint density at radius 3 is 3.18 bits per heavy atom. The maximum absolute atomic E-state index is 12.7. The van der Waals surface area contributed by atoms with Crippen LogP contribution in [0.1, 0.15) is 0 Å². The summed E-state index contributed by atoms with van der Waals surface area (Å²) in [6.07, 6.45) is 1.57. The lowest BCUT2D eigenvalue weighted by atomic mass is 10.4. The fourth-order valence-electron chi connectivity index (χ4n) is 0.845. The van der Waals surface area contributed by atoms with Crippen LogP contribution in [0.4, 0.5) is 4.39 Å². The van der Waals surface area contributed by atoms with Crippen molar-refractivity contribution >= 4 is 27.0 Å². The summed E-state index contributed by atoms with van der Waals surface area (Å²) in [6.45, 7) is 0. The van der Waals surface area contributed by atoms with Crippen LogP contribution >= 0.6 is 15.9 Å². The van der Waals surface area contributed by atoms with Gasteiger partial charge in [-0.2, -0.15) is 9.49 Å². The number of pyridine rings is 1. The largest absolute Gasteiger partial charge is 0.250 e. The van der Waals surface area contributed by atoms with Gasteiger partial charge in [0, 0.05) is 10.7 Å². The highest BCUT2D eigenvalue weighted by atomic mass is 79.9. The van der Waals surface area contributed by atoms with Gasteiger partial charge in [-0.3, -0.25) is 5.10 Å². The van der Waals surface area contributed by atoms with Crippen molar-refractivity contribution in [2.45, 2.75) is 0 Å². The predicted octanol–water partition coefficient (Wildman–Crippen LogP) is 1.86. The van der Waals surface area contributed by atoms with E-state index in [-0.39, 0.29) is 0 Å². The van der Waals surface area contributed by atoms with E-state index in [4.69, 9.17) is 0 Å². The molecule has 3 nitrogen and oxygen atoms in total. The molecule has 11 heavy (non-hydrogen) atoms. The lowest BCUT2D eigenvalue weighted by molar-refractivity contribution is 0.588. The second kappa shape index (κ2) is 2.27. The molecule has 0 fully saturated rings. The van der Waals surface area contributed by atoms with Gasteiger partial charge >= 0.3 is 0 Å². The zero-order valence-corrected chi connectivity index (χ0v) is 6.89. The normalized spacial score (nSPS) is 10.7. The van der Waals surface area contributed by atoms with Gasteiger partial charge < -0.3 is 0 Å². The molecule has 5 heteroatoms. The Labute approximate surface area is 69.8 Å². The first kappa shape index (κ1) is 6.72. The van der Waals surface area contributed by atoms with Crippen molar-refractivity contribution in [2.75, 3.05) is 0 Å². The molecular formula is C6H3BrFN3. The molecule has 0 radical (unpaired) electrons. The van der Waals surface area contributed by atoms with Crippen LogP contribution in [-0.2, 0) is 0 Å². The molecule has 2 rings (SSSR count). The van der Waals surface area contributed by atoms with Crippen LogP contribution in [0.5, 0.6) is 0 Å². The molecule has 0 unspecified atom stereocenters. The van der Waals surface area contributed by atoms with E-state index in [0.29, 0.717) is 11.0 Å². The van der Waals surface area contributed by atoms with E-state index in [1.54, 1.807) is 12.3 Å². The van der Waals surface area contributed by atoms with E-state index in [0.717, 1.165) is 4.47 Å². The summed E-state index contributed by atoms with van der Waals surface area (Å²) in [5.41, 5.74) is 0.394. The summed E-state index contributed by atoms with van der Waals surface area (Å²) < 4.78 is 13.5. The number of aromatic nitrogens is 3. The molecule has 0 atom stereocenters. The zero-order chi connectivity index (χ0) is 7.84. The molecule has 2 heterocycles. The topological polar surface area (TPSA) is 41.6 Å². The summed E-state index contributed by atoms with van der Waals surface area (Å²) in [5, 5.41) is 6.23. The SMILES string of the molecule is Fc1[nH]nc2ncc(Br)cc12. The van der Waals surface area contributed by atoms with E-state index >= 15 is 0 Å². The number of halogens is 2. The Hall–Kier alpha value is -0.970. The summed E-state index contributed by atoms with van der Waals surface area (Å²) in [4.78, 5) is 3.87. The first-order valence-electron chi connectivity index (χ1n) is 2.92. The van der Waals surface area contributed by atoms with Gasteiger partial charge in [-0.1, -0.05) is 0 Å². The van der Waals surface area contributed by atoms with Crippen molar-refractivity contribution in [3.8, 4) is 0 Å². The van der Waals surface area contributed by atoms with E-state index in [2.05, 4.69) is 31.1 Å². The molecule has 0 aliphatic rings. The van der Waals surface area contributed by atoms with Gasteiger partial charge in [0.2, 0.25) is 5.95 Å². The highest BCUT2D eigenvalue weighted by Gasteiger charge is 2.04. The van der Waals surface area contributed by atoms with Crippen molar-refractivity contribution in [1.82, 2.24) is 15.2 Å². The molecule has 0 saturated heterocycles. The Morgan fingerprint density at radius 1 is 1.55 bits per heavy atom. The molecule has 0 aromatic carbocycles. The standard InChI is InChI=1S/C6H3BrFN3/c7-3-1-4-5(8)10-11-6(4)9-2-3/h1-2H,(H,9,10,11). The maximum atomic E-state index is 12.7. The number of nitrogens with zero attached hydrogens (tertiary/aromatic N) is 2. The van der Waals surface area contributed by atoms with Crippen LogP contribution in [0.15, 0.2) is 16.7 Å². The van der Waals surface area contributed by atoms with Crippen LogP contribution in [0.25, 0.3) is 11.0 Å².